The molecule has 1 rings (SSSR count). The summed E-state index contributed by atoms with van der Waals surface area (Å²) in [4.78, 5) is 11.5. The zero-order chi connectivity index (χ0) is 14.1. The standard InChI is InChI=1S/C14H22N2O3/c1-4-18-12-5-7-13(8-6-12)19-10-14(17)16-9-11(2)15-3/h5-8,11,15H,4,9-10H2,1-3H3,(H,16,17). The van der Waals surface area contributed by atoms with Gasteiger partial charge in [0.2, 0.25) is 0 Å². The quantitative estimate of drug-likeness (QED) is 0.742. The molecule has 0 radical (unpaired) electrons. The van der Waals surface area contributed by atoms with Gasteiger partial charge in [-0.2, -0.15) is 0 Å². The first-order valence-electron chi connectivity index (χ1n) is 6.45. The van der Waals surface area contributed by atoms with E-state index in [0.717, 1.165) is 5.75 Å². The van der Waals surface area contributed by atoms with Gasteiger partial charge in [0, 0.05) is 12.6 Å². The van der Waals surface area contributed by atoms with Crippen LogP contribution in [-0.4, -0.2) is 38.8 Å². The molecule has 0 saturated carbocycles. The van der Waals surface area contributed by atoms with Crippen LogP contribution in [0.1, 0.15) is 13.8 Å². The maximum absolute atomic E-state index is 11.5. The van der Waals surface area contributed by atoms with Gasteiger partial charge >= 0.3 is 0 Å². The Hall–Kier alpha value is -1.75. The molecule has 1 amide bonds. The second-order valence-corrected chi connectivity index (χ2v) is 4.19. The summed E-state index contributed by atoms with van der Waals surface area (Å²) in [6, 6.07) is 7.46. The Kier molecular flexibility index (Phi) is 6.74. The van der Waals surface area contributed by atoms with Gasteiger partial charge in [0.1, 0.15) is 11.5 Å². The predicted octanol–water partition coefficient (Wildman–Crippen LogP) is 1.19. The molecule has 0 aliphatic carbocycles. The molecule has 1 unspecified atom stereocenters. The highest BCUT2D eigenvalue weighted by Gasteiger charge is 2.04. The van der Waals surface area contributed by atoms with Crippen molar-refractivity contribution in [2.75, 3.05) is 26.8 Å². The first kappa shape index (κ1) is 15.3. The normalized spacial score (nSPS) is 11.7. The lowest BCUT2D eigenvalue weighted by molar-refractivity contribution is -0.123. The maximum Gasteiger partial charge on any atom is 0.257 e. The first-order valence-corrected chi connectivity index (χ1v) is 6.45. The number of amides is 1. The number of hydrogen-bond acceptors (Lipinski definition) is 4. The van der Waals surface area contributed by atoms with Crippen LogP contribution in [0.5, 0.6) is 11.5 Å². The van der Waals surface area contributed by atoms with Gasteiger partial charge in [-0.15, -0.1) is 0 Å². The van der Waals surface area contributed by atoms with E-state index >= 15 is 0 Å². The Morgan fingerprint density at radius 2 is 1.79 bits per heavy atom. The number of carbonyl (C=O) groups is 1. The summed E-state index contributed by atoms with van der Waals surface area (Å²) >= 11 is 0. The number of likely N-dealkylation sites (N-methyl/N-ethyl adjacent to an activating group) is 1. The topological polar surface area (TPSA) is 59.6 Å². The van der Waals surface area contributed by atoms with E-state index in [9.17, 15) is 4.79 Å². The van der Waals surface area contributed by atoms with E-state index in [0.29, 0.717) is 18.9 Å². The Bertz CT molecular complexity index is 379. The van der Waals surface area contributed by atoms with Gasteiger partial charge in [0.05, 0.1) is 6.61 Å². The molecule has 1 atom stereocenters. The van der Waals surface area contributed by atoms with Crippen LogP contribution in [-0.2, 0) is 4.79 Å². The van der Waals surface area contributed by atoms with Crippen molar-refractivity contribution in [2.24, 2.45) is 0 Å². The molecular formula is C14H22N2O3. The molecule has 0 heterocycles. The van der Waals surface area contributed by atoms with E-state index in [1.54, 1.807) is 12.1 Å². The van der Waals surface area contributed by atoms with Crippen LogP contribution >= 0.6 is 0 Å². The number of ether oxygens (including phenoxy) is 2. The molecule has 5 heteroatoms. The zero-order valence-corrected chi connectivity index (χ0v) is 11.7. The highest BCUT2D eigenvalue weighted by molar-refractivity contribution is 5.77. The Morgan fingerprint density at radius 1 is 1.21 bits per heavy atom. The van der Waals surface area contributed by atoms with Gasteiger partial charge in [-0.3, -0.25) is 4.79 Å². The Morgan fingerprint density at radius 3 is 2.32 bits per heavy atom. The largest absolute Gasteiger partial charge is 0.494 e. The van der Waals surface area contributed by atoms with Crippen LogP contribution in [0.15, 0.2) is 24.3 Å². The van der Waals surface area contributed by atoms with Crippen LogP contribution in [0.3, 0.4) is 0 Å². The minimum Gasteiger partial charge on any atom is -0.494 e. The molecule has 0 aliphatic rings. The monoisotopic (exact) mass is 266 g/mol. The van der Waals surface area contributed by atoms with Gasteiger partial charge in [0.15, 0.2) is 6.61 Å². The van der Waals surface area contributed by atoms with Crippen molar-refractivity contribution < 1.29 is 14.3 Å². The Labute approximate surface area is 114 Å². The van der Waals surface area contributed by atoms with Crippen LogP contribution < -0.4 is 20.1 Å². The van der Waals surface area contributed by atoms with E-state index in [4.69, 9.17) is 9.47 Å². The Balaban J connectivity index is 2.29. The SMILES string of the molecule is CCOc1ccc(OCC(=O)NCC(C)NC)cc1. The van der Waals surface area contributed by atoms with E-state index in [1.165, 1.54) is 0 Å². The van der Waals surface area contributed by atoms with Gasteiger partial charge in [-0.25, -0.2) is 0 Å². The lowest BCUT2D eigenvalue weighted by Crippen LogP contribution is -2.39. The van der Waals surface area contributed by atoms with Crippen molar-refractivity contribution in [3.63, 3.8) is 0 Å². The summed E-state index contributed by atoms with van der Waals surface area (Å²) in [6.07, 6.45) is 0. The van der Waals surface area contributed by atoms with Crippen LogP contribution in [0.4, 0.5) is 0 Å². The fraction of sp³-hybridized carbons (Fsp3) is 0.500. The zero-order valence-electron chi connectivity index (χ0n) is 11.7. The third-order valence-corrected chi connectivity index (χ3v) is 2.60. The molecule has 0 saturated heterocycles. The van der Waals surface area contributed by atoms with Crippen molar-refractivity contribution in [3.8, 4) is 11.5 Å². The fourth-order valence-electron chi connectivity index (χ4n) is 1.37. The number of benzene rings is 1. The third-order valence-electron chi connectivity index (χ3n) is 2.60. The molecule has 0 fully saturated rings. The van der Waals surface area contributed by atoms with Crippen molar-refractivity contribution in [1.29, 1.82) is 0 Å². The highest BCUT2D eigenvalue weighted by atomic mass is 16.5. The van der Waals surface area contributed by atoms with Gasteiger partial charge in [-0.1, -0.05) is 0 Å². The number of rotatable bonds is 8. The third kappa shape index (κ3) is 6.10. The molecule has 106 valence electrons. The molecule has 19 heavy (non-hydrogen) atoms. The van der Waals surface area contributed by atoms with Gasteiger partial charge in [0.25, 0.3) is 5.91 Å². The number of nitrogens with one attached hydrogen (secondary N) is 2. The minimum atomic E-state index is -0.129. The van der Waals surface area contributed by atoms with Crippen LogP contribution in [0.2, 0.25) is 0 Å². The molecule has 1 aromatic rings. The van der Waals surface area contributed by atoms with E-state index in [-0.39, 0.29) is 18.6 Å². The first-order chi connectivity index (χ1) is 9.15. The smallest absolute Gasteiger partial charge is 0.257 e. The fourth-order valence-corrected chi connectivity index (χ4v) is 1.37. The maximum atomic E-state index is 11.5. The van der Waals surface area contributed by atoms with Gasteiger partial charge < -0.3 is 20.1 Å². The summed E-state index contributed by atoms with van der Waals surface area (Å²) in [5, 5.41) is 5.83. The van der Waals surface area contributed by atoms with Crippen molar-refractivity contribution in [3.05, 3.63) is 24.3 Å². The van der Waals surface area contributed by atoms with E-state index in [2.05, 4.69) is 10.6 Å². The molecule has 1 aromatic carbocycles. The summed E-state index contributed by atoms with van der Waals surface area (Å²) in [6.45, 7) is 5.16. The highest BCUT2D eigenvalue weighted by Crippen LogP contribution is 2.17. The van der Waals surface area contributed by atoms with Crippen LogP contribution in [0.25, 0.3) is 0 Å². The van der Waals surface area contributed by atoms with Gasteiger partial charge in [-0.05, 0) is 45.2 Å². The lowest BCUT2D eigenvalue weighted by atomic mass is 10.3. The molecule has 0 spiro atoms. The second-order valence-electron chi connectivity index (χ2n) is 4.19. The average Bonchev–Trinajstić information content (AvgIpc) is 2.44. The second kappa shape index (κ2) is 8.37. The number of carbonyl (C=O) groups excluding carboxylic acids is 1. The molecular weight excluding hydrogens is 244 g/mol. The van der Waals surface area contributed by atoms with Crippen molar-refractivity contribution in [2.45, 2.75) is 19.9 Å². The summed E-state index contributed by atoms with van der Waals surface area (Å²) < 4.78 is 10.7. The van der Waals surface area contributed by atoms with Crippen LogP contribution in [0, 0.1) is 0 Å². The molecule has 0 bridgehead atoms. The molecule has 0 aromatic heterocycles. The predicted molar refractivity (Wildman–Crippen MR) is 74.6 cm³/mol. The molecule has 2 N–H and O–H groups in total. The summed E-state index contributed by atoms with van der Waals surface area (Å²) in [7, 11) is 1.85. The average molecular weight is 266 g/mol. The van der Waals surface area contributed by atoms with Crippen molar-refractivity contribution in [1.82, 2.24) is 10.6 Å². The van der Waals surface area contributed by atoms with E-state index < -0.39 is 0 Å². The summed E-state index contributed by atoms with van der Waals surface area (Å²) in [5.41, 5.74) is 0. The summed E-state index contributed by atoms with van der Waals surface area (Å²) in [5.74, 6) is 1.32. The van der Waals surface area contributed by atoms with Crippen molar-refractivity contribution >= 4 is 5.91 Å². The molecule has 5 nitrogen and oxygen atoms in total. The lowest BCUT2D eigenvalue weighted by Gasteiger charge is -2.12. The van der Waals surface area contributed by atoms with E-state index in [1.807, 2.05) is 33.0 Å². The number of hydrogen-bond donors (Lipinski definition) is 2. The molecule has 0 aliphatic heterocycles. The minimum absolute atomic E-state index is 0.0183.